The highest BCUT2D eigenvalue weighted by atomic mass is 19.1. The van der Waals surface area contributed by atoms with E-state index in [9.17, 15) is 14.5 Å². The van der Waals surface area contributed by atoms with E-state index in [1.165, 1.54) is 6.07 Å². The fraction of sp³-hybridized carbons (Fsp3) is 0.500. The number of aryl methyl sites for hydroxylation is 1. The van der Waals surface area contributed by atoms with E-state index in [1.54, 1.807) is 6.92 Å². The van der Waals surface area contributed by atoms with Crippen molar-refractivity contribution >= 4 is 11.4 Å². The second-order valence-electron chi connectivity index (χ2n) is 4.08. The van der Waals surface area contributed by atoms with E-state index in [-0.39, 0.29) is 11.7 Å². The summed E-state index contributed by atoms with van der Waals surface area (Å²) in [6, 6.07) is 2.29. The number of benzene rings is 1. The van der Waals surface area contributed by atoms with E-state index in [0.717, 1.165) is 6.07 Å². The number of rotatable bonds is 6. The van der Waals surface area contributed by atoms with Crippen LogP contribution in [-0.4, -0.2) is 24.2 Å². The van der Waals surface area contributed by atoms with E-state index < -0.39 is 10.7 Å². The van der Waals surface area contributed by atoms with Gasteiger partial charge in [-0.15, -0.1) is 0 Å². The van der Waals surface area contributed by atoms with Crippen LogP contribution in [0.3, 0.4) is 0 Å². The first-order valence-corrected chi connectivity index (χ1v) is 5.74. The standard InChI is InChI=1S/C12H17FN2O3/c1-4-18-7-9(3)14-11-5-8(2)10(13)6-12(11)15(16)17/h5-6,9,14H,4,7H2,1-3H3. The summed E-state index contributed by atoms with van der Waals surface area (Å²) >= 11 is 0. The summed E-state index contributed by atoms with van der Waals surface area (Å²) in [4.78, 5) is 10.2. The van der Waals surface area contributed by atoms with Gasteiger partial charge in [0.1, 0.15) is 11.5 Å². The van der Waals surface area contributed by atoms with Gasteiger partial charge in [-0.1, -0.05) is 0 Å². The van der Waals surface area contributed by atoms with Gasteiger partial charge < -0.3 is 10.1 Å². The molecule has 0 aliphatic carbocycles. The molecule has 1 aromatic rings. The van der Waals surface area contributed by atoms with Crippen LogP contribution in [0.25, 0.3) is 0 Å². The molecule has 1 N–H and O–H groups in total. The molecule has 0 saturated carbocycles. The fourth-order valence-corrected chi connectivity index (χ4v) is 1.54. The van der Waals surface area contributed by atoms with Gasteiger partial charge in [0.05, 0.1) is 17.6 Å². The van der Waals surface area contributed by atoms with Crippen molar-refractivity contribution in [2.24, 2.45) is 0 Å². The summed E-state index contributed by atoms with van der Waals surface area (Å²) in [6.45, 7) is 6.30. The fourth-order valence-electron chi connectivity index (χ4n) is 1.54. The molecule has 5 nitrogen and oxygen atoms in total. The van der Waals surface area contributed by atoms with Crippen molar-refractivity contribution in [3.05, 3.63) is 33.6 Å². The molecule has 100 valence electrons. The first-order valence-electron chi connectivity index (χ1n) is 5.74. The highest BCUT2D eigenvalue weighted by Gasteiger charge is 2.18. The number of ether oxygens (including phenoxy) is 1. The molecule has 0 aliphatic rings. The van der Waals surface area contributed by atoms with Crippen LogP contribution in [0, 0.1) is 22.9 Å². The van der Waals surface area contributed by atoms with Gasteiger partial charge in [0.25, 0.3) is 5.69 Å². The molecule has 6 heteroatoms. The third kappa shape index (κ3) is 3.66. The number of anilines is 1. The molecule has 0 aromatic heterocycles. The average molecular weight is 256 g/mol. The van der Waals surface area contributed by atoms with Crippen molar-refractivity contribution in [2.45, 2.75) is 26.8 Å². The highest BCUT2D eigenvalue weighted by molar-refractivity contribution is 5.63. The molecule has 1 atom stereocenters. The Morgan fingerprint density at radius 2 is 2.22 bits per heavy atom. The smallest absolute Gasteiger partial charge is 0.295 e. The molecular formula is C12H17FN2O3. The number of nitro benzene ring substituents is 1. The predicted molar refractivity (Wildman–Crippen MR) is 67.4 cm³/mol. The molecule has 1 unspecified atom stereocenters. The third-order valence-corrected chi connectivity index (χ3v) is 2.45. The van der Waals surface area contributed by atoms with Crippen molar-refractivity contribution in [1.82, 2.24) is 0 Å². The molecule has 1 aromatic carbocycles. The second kappa shape index (κ2) is 6.30. The molecule has 0 amide bonds. The SMILES string of the molecule is CCOCC(C)Nc1cc(C)c(F)cc1[N+](=O)[O-]. The van der Waals surface area contributed by atoms with E-state index in [1.807, 2.05) is 13.8 Å². The Balaban J connectivity index is 2.93. The van der Waals surface area contributed by atoms with Crippen LogP contribution in [0.2, 0.25) is 0 Å². The highest BCUT2D eigenvalue weighted by Crippen LogP contribution is 2.28. The minimum absolute atomic E-state index is 0.0893. The Bertz CT molecular complexity index is 438. The summed E-state index contributed by atoms with van der Waals surface area (Å²) in [5.41, 5.74) is 0.416. The maximum Gasteiger partial charge on any atom is 0.295 e. The Morgan fingerprint density at radius 3 is 2.78 bits per heavy atom. The lowest BCUT2D eigenvalue weighted by Gasteiger charge is -2.15. The lowest BCUT2D eigenvalue weighted by Crippen LogP contribution is -2.22. The quantitative estimate of drug-likeness (QED) is 0.628. The minimum atomic E-state index is -0.599. The topological polar surface area (TPSA) is 64.4 Å². The monoisotopic (exact) mass is 256 g/mol. The van der Waals surface area contributed by atoms with E-state index >= 15 is 0 Å². The van der Waals surface area contributed by atoms with Gasteiger partial charge in [-0.2, -0.15) is 0 Å². The van der Waals surface area contributed by atoms with Gasteiger partial charge in [0.15, 0.2) is 0 Å². The van der Waals surface area contributed by atoms with Crippen LogP contribution >= 0.6 is 0 Å². The van der Waals surface area contributed by atoms with Gasteiger partial charge in [0, 0.05) is 12.6 Å². The summed E-state index contributed by atoms with van der Waals surface area (Å²) in [5.74, 6) is -0.579. The van der Waals surface area contributed by atoms with Crippen LogP contribution in [0.15, 0.2) is 12.1 Å². The lowest BCUT2D eigenvalue weighted by molar-refractivity contribution is -0.384. The first-order chi connectivity index (χ1) is 8.45. The van der Waals surface area contributed by atoms with Gasteiger partial charge in [-0.3, -0.25) is 10.1 Å². The van der Waals surface area contributed by atoms with Crippen molar-refractivity contribution in [1.29, 1.82) is 0 Å². The molecule has 0 spiro atoms. The molecular weight excluding hydrogens is 239 g/mol. The molecule has 0 aliphatic heterocycles. The molecule has 0 fully saturated rings. The van der Waals surface area contributed by atoms with Crippen LogP contribution < -0.4 is 5.32 Å². The molecule has 0 heterocycles. The lowest BCUT2D eigenvalue weighted by atomic mass is 10.1. The Hall–Kier alpha value is -1.69. The van der Waals surface area contributed by atoms with Crippen molar-refractivity contribution in [3.8, 4) is 0 Å². The van der Waals surface area contributed by atoms with Crippen molar-refractivity contribution < 1.29 is 14.1 Å². The molecule has 18 heavy (non-hydrogen) atoms. The van der Waals surface area contributed by atoms with Crippen LogP contribution in [0.4, 0.5) is 15.8 Å². The first kappa shape index (κ1) is 14.4. The van der Waals surface area contributed by atoms with Gasteiger partial charge in [-0.05, 0) is 32.4 Å². The summed E-state index contributed by atoms with van der Waals surface area (Å²) in [7, 11) is 0. The van der Waals surface area contributed by atoms with Crippen molar-refractivity contribution in [3.63, 3.8) is 0 Å². The number of hydrogen-bond acceptors (Lipinski definition) is 4. The number of nitrogens with zero attached hydrogens (tertiary/aromatic N) is 1. The van der Waals surface area contributed by atoms with Crippen molar-refractivity contribution in [2.75, 3.05) is 18.5 Å². The zero-order valence-electron chi connectivity index (χ0n) is 10.7. The maximum atomic E-state index is 13.3. The van der Waals surface area contributed by atoms with Gasteiger partial charge in [0.2, 0.25) is 0 Å². The van der Waals surface area contributed by atoms with Gasteiger partial charge in [-0.25, -0.2) is 4.39 Å². The second-order valence-corrected chi connectivity index (χ2v) is 4.08. The van der Waals surface area contributed by atoms with Crippen LogP contribution in [0.5, 0.6) is 0 Å². The largest absolute Gasteiger partial charge is 0.380 e. The number of hydrogen-bond donors (Lipinski definition) is 1. The van der Waals surface area contributed by atoms with E-state index in [0.29, 0.717) is 24.5 Å². The third-order valence-electron chi connectivity index (χ3n) is 2.45. The van der Waals surface area contributed by atoms with Gasteiger partial charge >= 0.3 is 0 Å². The predicted octanol–water partition coefficient (Wildman–Crippen LogP) is 2.88. The van der Waals surface area contributed by atoms with Crippen LogP contribution in [-0.2, 0) is 4.74 Å². The van der Waals surface area contributed by atoms with E-state index in [2.05, 4.69) is 5.32 Å². The normalized spacial score (nSPS) is 12.2. The number of halogens is 1. The summed E-state index contributed by atoms with van der Waals surface area (Å²) < 4.78 is 18.5. The van der Waals surface area contributed by atoms with E-state index in [4.69, 9.17) is 4.74 Å². The molecule has 0 saturated heterocycles. The Kier molecular flexibility index (Phi) is 5.03. The average Bonchev–Trinajstić information content (AvgIpc) is 2.30. The maximum absolute atomic E-state index is 13.3. The zero-order chi connectivity index (χ0) is 13.7. The Morgan fingerprint density at radius 1 is 1.56 bits per heavy atom. The minimum Gasteiger partial charge on any atom is -0.380 e. The Labute approximate surface area is 105 Å². The molecule has 0 bridgehead atoms. The number of nitrogens with one attached hydrogen (secondary N) is 1. The number of nitro groups is 1. The van der Waals surface area contributed by atoms with Crippen LogP contribution in [0.1, 0.15) is 19.4 Å². The summed E-state index contributed by atoms with van der Waals surface area (Å²) in [6.07, 6.45) is 0. The summed E-state index contributed by atoms with van der Waals surface area (Å²) in [5, 5.41) is 13.8. The molecule has 1 rings (SSSR count). The zero-order valence-corrected chi connectivity index (χ0v) is 10.7. The molecule has 0 radical (unpaired) electrons.